The van der Waals surface area contributed by atoms with E-state index in [0.29, 0.717) is 11.3 Å². The summed E-state index contributed by atoms with van der Waals surface area (Å²) in [7, 11) is 0. The number of hydrogen-bond acceptors (Lipinski definition) is 5. The monoisotopic (exact) mass is 302 g/mol. The lowest BCUT2D eigenvalue weighted by atomic mass is 10.1. The number of hydrogen-bond donors (Lipinski definition) is 2. The van der Waals surface area contributed by atoms with Crippen molar-refractivity contribution in [2.24, 2.45) is 0 Å². The summed E-state index contributed by atoms with van der Waals surface area (Å²) in [6, 6.07) is 4.24. The number of carbonyl (C=O) groups excluding carboxylic acids is 2. The molecular formula is C14H14N4O4. The quantitative estimate of drug-likeness (QED) is 0.499. The van der Waals surface area contributed by atoms with Crippen LogP contribution >= 0.6 is 0 Å². The highest BCUT2D eigenvalue weighted by Gasteiger charge is 2.19. The molecule has 1 heterocycles. The van der Waals surface area contributed by atoms with Gasteiger partial charge in [0.25, 0.3) is 11.6 Å². The third kappa shape index (κ3) is 3.00. The van der Waals surface area contributed by atoms with Gasteiger partial charge in [0.15, 0.2) is 5.78 Å². The molecule has 2 N–H and O–H groups in total. The van der Waals surface area contributed by atoms with E-state index in [2.05, 4.69) is 15.3 Å². The number of Topliss-reactive ketones (excluding diaryl/α,β-unsaturated/α-hetero) is 1. The van der Waals surface area contributed by atoms with Gasteiger partial charge >= 0.3 is 0 Å². The van der Waals surface area contributed by atoms with Crippen molar-refractivity contribution in [3.8, 4) is 0 Å². The number of anilines is 1. The number of aryl methyl sites for hydroxylation is 1. The number of imidazole rings is 1. The zero-order valence-electron chi connectivity index (χ0n) is 12.0. The number of nitrogens with one attached hydrogen (secondary N) is 2. The molecule has 0 saturated carbocycles. The van der Waals surface area contributed by atoms with Crippen molar-refractivity contribution < 1.29 is 14.5 Å². The first kappa shape index (κ1) is 15.4. The molecular weight excluding hydrogens is 288 g/mol. The number of H-pyrrole nitrogens is 1. The Hall–Kier alpha value is -3.03. The number of amides is 1. The second-order valence-corrected chi connectivity index (χ2v) is 4.62. The first-order valence-corrected chi connectivity index (χ1v) is 6.57. The van der Waals surface area contributed by atoms with E-state index in [1.54, 1.807) is 13.8 Å². The summed E-state index contributed by atoms with van der Waals surface area (Å²) in [5.41, 5.74) is 0.956. The second kappa shape index (κ2) is 6.17. The van der Waals surface area contributed by atoms with Crippen LogP contribution in [0.2, 0.25) is 0 Å². The van der Waals surface area contributed by atoms with Crippen molar-refractivity contribution in [2.75, 3.05) is 5.32 Å². The molecule has 8 heteroatoms. The van der Waals surface area contributed by atoms with Crippen LogP contribution in [0.1, 0.15) is 39.9 Å². The van der Waals surface area contributed by atoms with Crippen LogP contribution in [0, 0.1) is 17.0 Å². The SMILES string of the molecule is CCC(=O)c1nc[nH]c1C(=O)Nc1ccc([N+](=O)[O-])c(C)c1. The van der Waals surface area contributed by atoms with E-state index < -0.39 is 10.8 Å². The summed E-state index contributed by atoms with van der Waals surface area (Å²) >= 11 is 0. The average Bonchev–Trinajstić information content (AvgIpc) is 2.95. The van der Waals surface area contributed by atoms with Crippen molar-refractivity contribution >= 4 is 23.1 Å². The lowest BCUT2D eigenvalue weighted by Crippen LogP contribution is -2.16. The molecule has 0 atom stereocenters. The van der Waals surface area contributed by atoms with E-state index >= 15 is 0 Å². The molecule has 0 spiro atoms. The van der Waals surface area contributed by atoms with E-state index in [1.165, 1.54) is 24.5 Å². The largest absolute Gasteiger partial charge is 0.340 e. The highest BCUT2D eigenvalue weighted by atomic mass is 16.6. The van der Waals surface area contributed by atoms with E-state index in [1.807, 2.05) is 0 Å². The predicted molar refractivity (Wildman–Crippen MR) is 79.0 cm³/mol. The smallest absolute Gasteiger partial charge is 0.274 e. The molecule has 0 unspecified atom stereocenters. The minimum atomic E-state index is -0.525. The molecule has 0 radical (unpaired) electrons. The summed E-state index contributed by atoms with van der Waals surface area (Å²) in [5, 5.41) is 13.3. The maximum atomic E-state index is 12.2. The Morgan fingerprint density at radius 3 is 2.73 bits per heavy atom. The topological polar surface area (TPSA) is 118 Å². The van der Waals surface area contributed by atoms with Crippen LogP contribution < -0.4 is 5.32 Å². The van der Waals surface area contributed by atoms with Crippen molar-refractivity contribution in [1.29, 1.82) is 0 Å². The van der Waals surface area contributed by atoms with Crippen LogP contribution in [0.15, 0.2) is 24.5 Å². The van der Waals surface area contributed by atoms with Gasteiger partial charge in [0.05, 0.1) is 11.3 Å². The number of nitrogens with zero attached hydrogens (tertiary/aromatic N) is 2. The van der Waals surface area contributed by atoms with Crippen LogP contribution in [-0.2, 0) is 0 Å². The summed E-state index contributed by atoms with van der Waals surface area (Å²) in [6.45, 7) is 3.26. The fourth-order valence-corrected chi connectivity index (χ4v) is 1.98. The zero-order chi connectivity index (χ0) is 16.3. The number of ketones is 1. The number of nitro groups is 1. The zero-order valence-corrected chi connectivity index (χ0v) is 12.0. The first-order chi connectivity index (χ1) is 10.4. The Kier molecular flexibility index (Phi) is 4.31. The van der Waals surface area contributed by atoms with Crippen LogP contribution in [0.5, 0.6) is 0 Å². The van der Waals surface area contributed by atoms with Gasteiger partial charge in [0.2, 0.25) is 0 Å². The molecule has 0 fully saturated rings. The number of rotatable bonds is 5. The van der Waals surface area contributed by atoms with E-state index in [4.69, 9.17) is 0 Å². The predicted octanol–water partition coefficient (Wildman–Crippen LogP) is 2.47. The van der Waals surface area contributed by atoms with Crippen molar-refractivity contribution in [3.05, 3.63) is 51.6 Å². The molecule has 1 amide bonds. The minimum absolute atomic E-state index is 0.0265. The van der Waals surface area contributed by atoms with Crippen molar-refractivity contribution in [1.82, 2.24) is 9.97 Å². The van der Waals surface area contributed by atoms with E-state index in [9.17, 15) is 19.7 Å². The van der Waals surface area contributed by atoms with Crippen molar-refractivity contribution in [2.45, 2.75) is 20.3 Å². The lowest BCUT2D eigenvalue weighted by molar-refractivity contribution is -0.385. The Balaban J connectivity index is 2.23. The average molecular weight is 302 g/mol. The third-order valence-electron chi connectivity index (χ3n) is 3.10. The van der Waals surface area contributed by atoms with E-state index in [0.717, 1.165) is 0 Å². The standard InChI is InChI=1S/C14H14N4O4/c1-3-11(19)12-13(16-7-15-12)14(20)17-9-4-5-10(18(21)22)8(2)6-9/h4-7H,3H2,1-2H3,(H,15,16)(H,17,20). The normalized spacial score (nSPS) is 10.3. The number of aromatic nitrogens is 2. The molecule has 22 heavy (non-hydrogen) atoms. The maximum absolute atomic E-state index is 12.2. The van der Waals surface area contributed by atoms with Gasteiger partial charge in [-0.2, -0.15) is 0 Å². The Bertz CT molecular complexity index is 751. The van der Waals surface area contributed by atoms with Gasteiger partial charge in [0.1, 0.15) is 11.4 Å². The lowest BCUT2D eigenvalue weighted by Gasteiger charge is -2.06. The first-order valence-electron chi connectivity index (χ1n) is 6.57. The fraction of sp³-hybridized carbons (Fsp3) is 0.214. The molecule has 2 aromatic rings. The summed E-state index contributed by atoms with van der Waals surface area (Å²) in [4.78, 5) is 40.6. The summed E-state index contributed by atoms with van der Waals surface area (Å²) < 4.78 is 0. The van der Waals surface area contributed by atoms with Gasteiger partial charge < -0.3 is 10.3 Å². The molecule has 0 aliphatic carbocycles. The molecule has 0 aliphatic rings. The van der Waals surface area contributed by atoms with Crippen LogP contribution in [0.3, 0.4) is 0 Å². The molecule has 114 valence electrons. The van der Waals surface area contributed by atoms with Gasteiger partial charge in [-0.1, -0.05) is 6.92 Å². The van der Waals surface area contributed by atoms with Crippen molar-refractivity contribution in [3.63, 3.8) is 0 Å². The Morgan fingerprint density at radius 2 is 2.14 bits per heavy atom. The minimum Gasteiger partial charge on any atom is -0.340 e. The molecule has 8 nitrogen and oxygen atoms in total. The van der Waals surface area contributed by atoms with Crippen LogP contribution in [0.25, 0.3) is 0 Å². The second-order valence-electron chi connectivity index (χ2n) is 4.62. The number of benzene rings is 1. The highest BCUT2D eigenvalue weighted by molar-refractivity contribution is 6.10. The van der Waals surface area contributed by atoms with Gasteiger partial charge in [0, 0.05) is 23.7 Å². The summed E-state index contributed by atoms with van der Waals surface area (Å²) in [6.07, 6.45) is 1.51. The van der Waals surface area contributed by atoms with Gasteiger partial charge in [-0.3, -0.25) is 19.7 Å². The van der Waals surface area contributed by atoms with Gasteiger partial charge in [-0.25, -0.2) is 4.98 Å². The van der Waals surface area contributed by atoms with Gasteiger partial charge in [-0.15, -0.1) is 0 Å². The summed E-state index contributed by atoms with van der Waals surface area (Å²) in [5.74, 6) is -0.770. The van der Waals surface area contributed by atoms with Crippen LogP contribution in [-0.4, -0.2) is 26.6 Å². The fourth-order valence-electron chi connectivity index (χ4n) is 1.98. The molecule has 1 aromatic heterocycles. The molecule has 0 saturated heterocycles. The number of carbonyl (C=O) groups is 2. The van der Waals surface area contributed by atoms with Crippen LogP contribution in [0.4, 0.5) is 11.4 Å². The van der Waals surface area contributed by atoms with E-state index in [-0.39, 0.29) is 29.3 Å². The Morgan fingerprint density at radius 1 is 1.41 bits per heavy atom. The highest BCUT2D eigenvalue weighted by Crippen LogP contribution is 2.22. The Labute approximate surface area is 125 Å². The number of aromatic amines is 1. The molecule has 0 aliphatic heterocycles. The molecule has 2 rings (SSSR count). The maximum Gasteiger partial charge on any atom is 0.274 e. The number of nitro benzene ring substituents is 1. The third-order valence-corrected chi connectivity index (χ3v) is 3.10. The molecule has 0 bridgehead atoms. The molecule has 1 aromatic carbocycles. The van der Waals surface area contributed by atoms with Gasteiger partial charge in [-0.05, 0) is 19.1 Å².